The fourth-order valence-electron chi connectivity index (χ4n) is 2.40. The van der Waals surface area contributed by atoms with E-state index >= 15 is 0 Å². The topological polar surface area (TPSA) is 90.3 Å². The van der Waals surface area contributed by atoms with Crippen LogP contribution in [0.3, 0.4) is 0 Å². The van der Waals surface area contributed by atoms with E-state index in [9.17, 15) is 13.2 Å². The minimum Gasteiger partial charge on any atom is -0.344 e. The standard InChI is InChI=1S/C19H19Cl2N3O3S/c1-24(10-9-14-5-7-15(11-22)8-6-14)18(25)12-23-13-28(26,27)17-4-2-3-16(20)19(17)21/h2-8,23H,9-10,12-13H2,1H3. The number of hydrogen-bond donors (Lipinski definition) is 1. The number of sulfone groups is 1. The monoisotopic (exact) mass is 439 g/mol. The zero-order valence-corrected chi connectivity index (χ0v) is 17.5. The van der Waals surface area contributed by atoms with Gasteiger partial charge in [-0.15, -0.1) is 0 Å². The minimum absolute atomic E-state index is 0.0307. The smallest absolute Gasteiger partial charge is 0.236 e. The number of nitrogens with one attached hydrogen (secondary N) is 1. The Labute approximate surface area is 174 Å². The zero-order valence-electron chi connectivity index (χ0n) is 15.2. The SMILES string of the molecule is CN(CCc1ccc(C#N)cc1)C(=O)CNCS(=O)(=O)c1cccc(Cl)c1Cl. The summed E-state index contributed by atoms with van der Waals surface area (Å²) in [7, 11) is -2.07. The van der Waals surface area contributed by atoms with Crippen LogP contribution in [0.4, 0.5) is 0 Å². The van der Waals surface area contributed by atoms with Gasteiger partial charge in [-0.3, -0.25) is 10.1 Å². The number of carbonyl (C=O) groups is 1. The molecule has 0 unspecified atom stereocenters. The minimum atomic E-state index is -3.72. The molecule has 0 bridgehead atoms. The van der Waals surface area contributed by atoms with Crippen molar-refractivity contribution in [1.29, 1.82) is 5.26 Å². The van der Waals surface area contributed by atoms with Crippen molar-refractivity contribution < 1.29 is 13.2 Å². The summed E-state index contributed by atoms with van der Waals surface area (Å²) in [6, 6.07) is 13.6. The van der Waals surface area contributed by atoms with Crippen LogP contribution in [0.5, 0.6) is 0 Å². The molecule has 6 nitrogen and oxygen atoms in total. The van der Waals surface area contributed by atoms with E-state index in [1.165, 1.54) is 23.1 Å². The molecular weight excluding hydrogens is 421 g/mol. The van der Waals surface area contributed by atoms with Crippen molar-refractivity contribution in [2.45, 2.75) is 11.3 Å². The Morgan fingerprint density at radius 1 is 1.18 bits per heavy atom. The molecule has 2 aromatic carbocycles. The van der Waals surface area contributed by atoms with Crippen LogP contribution >= 0.6 is 23.2 Å². The second kappa shape index (κ2) is 9.89. The van der Waals surface area contributed by atoms with Gasteiger partial charge >= 0.3 is 0 Å². The molecule has 0 aliphatic rings. The summed E-state index contributed by atoms with van der Waals surface area (Å²) < 4.78 is 24.7. The van der Waals surface area contributed by atoms with E-state index in [-0.39, 0.29) is 27.4 Å². The maximum Gasteiger partial charge on any atom is 0.236 e. The van der Waals surface area contributed by atoms with Crippen LogP contribution in [0.15, 0.2) is 47.4 Å². The Hall–Kier alpha value is -2.11. The molecule has 148 valence electrons. The Morgan fingerprint density at radius 2 is 1.86 bits per heavy atom. The maximum atomic E-state index is 12.4. The van der Waals surface area contributed by atoms with Crippen molar-refractivity contribution in [3.8, 4) is 6.07 Å². The largest absolute Gasteiger partial charge is 0.344 e. The van der Waals surface area contributed by atoms with Gasteiger partial charge in [0.1, 0.15) is 5.88 Å². The van der Waals surface area contributed by atoms with Gasteiger partial charge in [0.05, 0.1) is 33.1 Å². The van der Waals surface area contributed by atoms with Gasteiger partial charge in [-0.2, -0.15) is 5.26 Å². The molecular formula is C19H19Cl2N3O3S. The summed E-state index contributed by atoms with van der Waals surface area (Å²) in [5, 5.41) is 11.6. The van der Waals surface area contributed by atoms with Crippen molar-refractivity contribution in [2.75, 3.05) is 26.0 Å². The summed E-state index contributed by atoms with van der Waals surface area (Å²) in [6.45, 7) is 0.348. The lowest BCUT2D eigenvalue weighted by Crippen LogP contribution is -2.38. The summed E-state index contributed by atoms with van der Waals surface area (Å²) in [4.78, 5) is 13.6. The molecule has 0 spiro atoms. The second-order valence-electron chi connectivity index (χ2n) is 6.11. The number of nitrogens with zero attached hydrogens (tertiary/aromatic N) is 2. The molecule has 28 heavy (non-hydrogen) atoms. The van der Waals surface area contributed by atoms with Gasteiger partial charge in [-0.25, -0.2) is 8.42 Å². The van der Waals surface area contributed by atoms with Crippen molar-refractivity contribution in [3.63, 3.8) is 0 Å². The predicted molar refractivity (Wildman–Crippen MR) is 109 cm³/mol. The van der Waals surface area contributed by atoms with Gasteiger partial charge in [-0.05, 0) is 36.2 Å². The van der Waals surface area contributed by atoms with Gasteiger partial charge < -0.3 is 4.90 Å². The van der Waals surface area contributed by atoms with Crippen molar-refractivity contribution >= 4 is 38.9 Å². The maximum absolute atomic E-state index is 12.4. The van der Waals surface area contributed by atoms with Crippen LogP contribution < -0.4 is 5.32 Å². The molecule has 0 saturated heterocycles. The Balaban J connectivity index is 1.84. The molecule has 0 radical (unpaired) electrons. The van der Waals surface area contributed by atoms with Gasteiger partial charge in [0, 0.05) is 13.6 Å². The number of benzene rings is 2. The van der Waals surface area contributed by atoms with Crippen LogP contribution in [0.25, 0.3) is 0 Å². The van der Waals surface area contributed by atoms with E-state index < -0.39 is 15.7 Å². The highest BCUT2D eigenvalue weighted by Crippen LogP contribution is 2.29. The molecule has 0 aliphatic heterocycles. The van der Waals surface area contributed by atoms with E-state index in [0.29, 0.717) is 18.5 Å². The number of halogens is 2. The number of rotatable bonds is 8. The first-order valence-electron chi connectivity index (χ1n) is 8.35. The molecule has 0 fully saturated rings. The molecule has 9 heteroatoms. The van der Waals surface area contributed by atoms with Gasteiger partial charge in [0.15, 0.2) is 9.84 Å². The number of amides is 1. The number of carbonyl (C=O) groups excluding carboxylic acids is 1. The highest BCUT2D eigenvalue weighted by Gasteiger charge is 2.20. The fourth-order valence-corrected chi connectivity index (χ4v) is 4.30. The average molecular weight is 440 g/mol. The number of nitriles is 1. The summed E-state index contributed by atoms with van der Waals surface area (Å²) in [5.41, 5.74) is 1.59. The molecule has 0 aromatic heterocycles. The van der Waals surface area contributed by atoms with Crippen molar-refractivity contribution in [3.05, 3.63) is 63.6 Å². The number of hydrogen-bond acceptors (Lipinski definition) is 5. The van der Waals surface area contributed by atoms with Crippen molar-refractivity contribution in [2.24, 2.45) is 0 Å². The van der Waals surface area contributed by atoms with Gasteiger partial charge in [0.2, 0.25) is 5.91 Å². The van der Waals surface area contributed by atoms with Crippen LogP contribution in [-0.4, -0.2) is 45.2 Å². The molecule has 2 aromatic rings. The van der Waals surface area contributed by atoms with E-state index in [1.54, 1.807) is 19.2 Å². The quantitative estimate of drug-likeness (QED) is 0.682. The van der Waals surface area contributed by atoms with Crippen LogP contribution in [-0.2, 0) is 21.1 Å². The first-order valence-corrected chi connectivity index (χ1v) is 10.8. The summed E-state index contributed by atoms with van der Waals surface area (Å²) >= 11 is 11.8. The van der Waals surface area contributed by atoms with Crippen LogP contribution in [0, 0.1) is 11.3 Å². The molecule has 0 saturated carbocycles. The van der Waals surface area contributed by atoms with E-state index in [2.05, 4.69) is 11.4 Å². The summed E-state index contributed by atoms with van der Waals surface area (Å²) in [6.07, 6.45) is 0.629. The average Bonchev–Trinajstić information content (AvgIpc) is 2.68. The third-order valence-corrected chi connectivity index (χ3v) is 6.59. The normalized spacial score (nSPS) is 11.1. The summed E-state index contributed by atoms with van der Waals surface area (Å²) in [5.74, 6) is -0.663. The third kappa shape index (κ3) is 5.94. The molecule has 0 heterocycles. The van der Waals surface area contributed by atoms with Crippen LogP contribution in [0.2, 0.25) is 10.0 Å². The van der Waals surface area contributed by atoms with Crippen molar-refractivity contribution in [1.82, 2.24) is 10.2 Å². The zero-order chi connectivity index (χ0) is 20.7. The first kappa shape index (κ1) is 22.2. The lowest BCUT2D eigenvalue weighted by molar-refractivity contribution is -0.128. The molecule has 1 amide bonds. The predicted octanol–water partition coefficient (Wildman–Crippen LogP) is 2.89. The van der Waals surface area contributed by atoms with E-state index in [4.69, 9.17) is 28.5 Å². The van der Waals surface area contributed by atoms with E-state index in [0.717, 1.165) is 5.56 Å². The van der Waals surface area contributed by atoms with Gasteiger partial charge in [-0.1, -0.05) is 41.4 Å². The lowest BCUT2D eigenvalue weighted by Gasteiger charge is -2.17. The second-order valence-corrected chi connectivity index (χ2v) is 8.85. The third-order valence-electron chi connectivity index (χ3n) is 4.06. The Bertz CT molecular complexity index is 986. The Morgan fingerprint density at radius 3 is 2.50 bits per heavy atom. The lowest BCUT2D eigenvalue weighted by atomic mass is 10.1. The Kier molecular flexibility index (Phi) is 7.84. The highest BCUT2D eigenvalue weighted by atomic mass is 35.5. The highest BCUT2D eigenvalue weighted by molar-refractivity contribution is 7.91. The molecule has 0 atom stereocenters. The number of likely N-dealkylation sites (N-methyl/N-ethyl adjacent to an activating group) is 1. The molecule has 1 N–H and O–H groups in total. The van der Waals surface area contributed by atoms with E-state index in [1.807, 2.05) is 12.1 Å². The van der Waals surface area contributed by atoms with Crippen LogP contribution in [0.1, 0.15) is 11.1 Å². The first-order chi connectivity index (χ1) is 13.2. The molecule has 2 rings (SSSR count). The fraction of sp³-hybridized carbons (Fsp3) is 0.263. The van der Waals surface area contributed by atoms with Gasteiger partial charge in [0.25, 0.3) is 0 Å². The molecule has 0 aliphatic carbocycles.